The Balaban J connectivity index is 1.72. The number of ether oxygens (including phenoxy) is 2. The Bertz CT molecular complexity index is 498. The summed E-state index contributed by atoms with van der Waals surface area (Å²) in [6, 6.07) is 7.05. The number of aliphatic hydroxyl groups excluding tert-OH is 1. The van der Waals surface area contributed by atoms with Gasteiger partial charge >= 0.3 is 0 Å². The summed E-state index contributed by atoms with van der Waals surface area (Å²) in [5.41, 5.74) is 1.11. The van der Waals surface area contributed by atoms with E-state index >= 15 is 0 Å². The maximum absolute atomic E-state index is 9.87. The fourth-order valence-corrected chi connectivity index (χ4v) is 2.33. The van der Waals surface area contributed by atoms with Crippen LogP contribution >= 0.6 is 11.6 Å². The summed E-state index contributed by atoms with van der Waals surface area (Å²) in [6.45, 7) is 1.83. The van der Waals surface area contributed by atoms with Crippen molar-refractivity contribution in [2.45, 2.75) is 25.0 Å². The van der Waals surface area contributed by atoms with Crippen molar-refractivity contribution in [2.24, 2.45) is 0 Å². The lowest BCUT2D eigenvalue weighted by Crippen LogP contribution is -2.27. The van der Waals surface area contributed by atoms with Crippen LogP contribution in [0.1, 0.15) is 18.4 Å². The molecule has 5 nitrogen and oxygen atoms in total. The van der Waals surface area contributed by atoms with E-state index in [4.69, 9.17) is 26.3 Å². The van der Waals surface area contributed by atoms with E-state index in [-0.39, 0.29) is 12.7 Å². The molecule has 2 atom stereocenters. The molecule has 1 aliphatic heterocycles. The molecule has 0 saturated carbocycles. The highest BCUT2D eigenvalue weighted by molar-refractivity contribution is 6.30. The van der Waals surface area contributed by atoms with E-state index in [1.165, 1.54) is 0 Å². The highest BCUT2D eigenvalue weighted by Gasteiger charge is 2.16. The van der Waals surface area contributed by atoms with Crippen molar-refractivity contribution >= 4 is 17.3 Å². The van der Waals surface area contributed by atoms with Gasteiger partial charge in [0, 0.05) is 18.2 Å². The zero-order chi connectivity index (χ0) is 15.1. The highest BCUT2D eigenvalue weighted by atomic mass is 35.5. The Kier molecular flexibility index (Phi) is 6.27. The quantitative estimate of drug-likeness (QED) is 0.807. The smallest absolute Gasteiger partial charge is 0.101 e. The van der Waals surface area contributed by atoms with Crippen LogP contribution in [0.4, 0.5) is 5.69 Å². The third kappa shape index (κ3) is 5.18. The second-order valence-corrected chi connectivity index (χ2v) is 5.45. The van der Waals surface area contributed by atoms with Crippen molar-refractivity contribution in [1.29, 1.82) is 5.26 Å². The van der Waals surface area contributed by atoms with Gasteiger partial charge in [0.2, 0.25) is 0 Å². The van der Waals surface area contributed by atoms with E-state index < -0.39 is 6.10 Å². The van der Waals surface area contributed by atoms with Crippen molar-refractivity contribution in [3.63, 3.8) is 0 Å². The first-order chi connectivity index (χ1) is 10.2. The summed E-state index contributed by atoms with van der Waals surface area (Å²) in [6.07, 6.45) is 1.59. The summed E-state index contributed by atoms with van der Waals surface area (Å²) in [4.78, 5) is 0. The molecule has 1 aliphatic rings. The van der Waals surface area contributed by atoms with Gasteiger partial charge in [-0.05, 0) is 31.0 Å². The van der Waals surface area contributed by atoms with Crippen LogP contribution in [0, 0.1) is 11.3 Å². The van der Waals surface area contributed by atoms with Crippen LogP contribution in [-0.2, 0) is 9.47 Å². The van der Waals surface area contributed by atoms with Gasteiger partial charge in [-0.3, -0.25) is 0 Å². The van der Waals surface area contributed by atoms with Gasteiger partial charge in [0.25, 0.3) is 0 Å². The molecule has 6 heteroatoms. The first-order valence-electron chi connectivity index (χ1n) is 7.00. The van der Waals surface area contributed by atoms with Crippen molar-refractivity contribution in [3.8, 4) is 6.07 Å². The summed E-state index contributed by atoms with van der Waals surface area (Å²) < 4.78 is 10.9. The van der Waals surface area contributed by atoms with E-state index in [0.29, 0.717) is 29.4 Å². The number of halogens is 1. The largest absolute Gasteiger partial charge is 0.389 e. The van der Waals surface area contributed by atoms with E-state index in [9.17, 15) is 5.11 Å². The maximum atomic E-state index is 9.87. The number of hydrogen-bond donors (Lipinski definition) is 2. The molecule has 0 aliphatic carbocycles. The van der Waals surface area contributed by atoms with Gasteiger partial charge in [-0.1, -0.05) is 11.6 Å². The Morgan fingerprint density at radius 3 is 3.14 bits per heavy atom. The van der Waals surface area contributed by atoms with E-state index in [0.717, 1.165) is 19.4 Å². The van der Waals surface area contributed by atoms with Crippen LogP contribution in [0.3, 0.4) is 0 Å². The summed E-state index contributed by atoms with van der Waals surface area (Å²) >= 11 is 5.89. The molecule has 1 aromatic carbocycles. The predicted molar refractivity (Wildman–Crippen MR) is 80.5 cm³/mol. The number of benzene rings is 1. The monoisotopic (exact) mass is 310 g/mol. The lowest BCUT2D eigenvalue weighted by molar-refractivity contribution is -0.0137. The molecule has 1 saturated heterocycles. The van der Waals surface area contributed by atoms with Gasteiger partial charge in [0.15, 0.2) is 0 Å². The van der Waals surface area contributed by atoms with Crippen LogP contribution in [0.5, 0.6) is 0 Å². The average Bonchev–Trinajstić information content (AvgIpc) is 2.98. The van der Waals surface area contributed by atoms with E-state index in [1.54, 1.807) is 18.2 Å². The third-order valence-electron chi connectivity index (χ3n) is 3.27. The molecule has 0 bridgehead atoms. The lowest BCUT2D eigenvalue weighted by atomic mass is 10.2. The SMILES string of the molecule is N#Cc1ccc(Cl)cc1NCC(O)COCC1CCCO1. The third-order valence-corrected chi connectivity index (χ3v) is 3.50. The zero-order valence-electron chi connectivity index (χ0n) is 11.7. The normalized spacial score (nSPS) is 19.2. The summed E-state index contributed by atoms with van der Waals surface area (Å²) in [5, 5.41) is 22.4. The first kappa shape index (κ1) is 16.1. The number of nitrogens with zero attached hydrogens (tertiary/aromatic N) is 1. The molecule has 114 valence electrons. The number of nitriles is 1. The molecule has 1 heterocycles. The molecular formula is C15H19ClN2O3. The van der Waals surface area contributed by atoms with Crippen molar-refractivity contribution < 1.29 is 14.6 Å². The molecule has 0 spiro atoms. The molecule has 21 heavy (non-hydrogen) atoms. The summed E-state index contributed by atoms with van der Waals surface area (Å²) in [5.74, 6) is 0. The van der Waals surface area contributed by atoms with E-state index in [1.807, 2.05) is 0 Å². The molecule has 0 amide bonds. The molecule has 1 fully saturated rings. The van der Waals surface area contributed by atoms with Crippen molar-refractivity contribution in [3.05, 3.63) is 28.8 Å². The minimum Gasteiger partial charge on any atom is -0.389 e. The topological polar surface area (TPSA) is 74.5 Å². The average molecular weight is 311 g/mol. The number of nitrogens with one attached hydrogen (secondary N) is 1. The fourth-order valence-electron chi connectivity index (χ4n) is 2.16. The van der Waals surface area contributed by atoms with Crippen LogP contribution in [0.15, 0.2) is 18.2 Å². The van der Waals surface area contributed by atoms with Crippen LogP contribution in [0.2, 0.25) is 5.02 Å². The molecule has 0 radical (unpaired) electrons. The van der Waals surface area contributed by atoms with Crippen molar-refractivity contribution in [1.82, 2.24) is 0 Å². The summed E-state index contributed by atoms with van der Waals surface area (Å²) in [7, 11) is 0. The van der Waals surface area contributed by atoms with Crippen LogP contribution in [0.25, 0.3) is 0 Å². The molecule has 1 aromatic rings. The Morgan fingerprint density at radius 1 is 1.57 bits per heavy atom. The van der Waals surface area contributed by atoms with Crippen LogP contribution < -0.4 is 5.32 Å². The molecule has 2 N–H and O–H groups in total. The van der Waals surface area contributed by atoms with Gasteiger partial charge in [-0.25, -0.2) is 0 Å². The second-order valence-electron chi connectivity index (χ2n) is 5.01. The van der Waals surface area contributed by atoms with Gasteiger partial charge in [-0.2, -0.15) is 5.26 Å². The number of rotatable bonds is 7. The molecular weight excluding hydrogens is 292 g/mol. The number of aliphatic hydroxyl groups is 1. The Labute approximate surface area is 129 Å². The number of hydrogen-bond acceptors (Lipinski definition) is 5. The standard InChI is InChI=1S/C15H19ClN2O3/c16-12-4-3-11(7-17)15(6-12)18-8-13(19)9-20-10-14-2-1-5-21-14/h3-4,6,13-14,18-19H,1-2,5,8-10H2. The second kappa shape index (κ2) is 8.20. The Morgan fingerprint density at radius 2 is 2.43 bits per heavy atom. The maximum Gasteiger partial charge on any atom is 0.101 e. The minimum absolute atomic E-state index is 0.156. The van der Waals surface area contributed by atoms with E-state index in [2.05, 4.69) is 11.4 Å². The number of anilines is 1. The fraction of sp³-hybridized carbons (Fsp3) is 0.533. The van der Waals surface area contributed by atoms with Gasteiger partial charge in [0.05, 0.1) is 36.7 Å². The van der Waals surface area contributed by atoms with Crippen molar-refractivity contribution in [2.75, 3.05) is 31.7 Å². The molecule has 2 unspecified atom stereocenters. The predicted octanol–water partition coefficient (Wildman–Crippen LogP) is 2.18. The lowest BCUT2D eigenvalue weighted by Gasteiger charge is -2.15. The van der Waals surface area contributed by atoms with Gasteiger partial charge in [0.1, 0.15) is 6.07 Å². The minimum atomic E-state index is -0.656. The molecule has 0 aromatic heterocycles. The Hall–Kier alpha value is -1.32. The molecule has 2 rings (SSSR count). The zero-order valence-corrected chi connectivity index (χ0v) is 12.5. The van der Waals surface area contributed by atoms with Gasteiger partial charge < -0.3 is 19.9 Å². The van der Waals surface area contributed by atoms with Crippen LogP contribution in [-0.4, -0.2) is 43.7 Å². The first-order valence-corrected chi connectivity index (χ1v) is 7.38. The highest BCUT2D eigenvalue weighted by Crippen LogP contribution is 2.20. The van der Waals surface area contributed by atoms with Gasteiger partial charge in [-0.15, -0.1) is 0 Å².